The normalized spacial score (nSPS) is 18.3. The van der Waals surface area contributed by atoms with Crippen LogP contribution >= 0.6 is 0 Å². The van der Waals surface area contributed by atoms with E-state index in [0.29, 0.717) is 0 Å². The van der Waals surface area contributed by atoms with Crippen LogP contribution in [0, 0.1) is 5.92 Å². The predicted octanol–water partition coefficient (Wildman–Crippen LogP) is 0.192. The lowest BCUT2D eigenvalue weighted by Crippen LogP contribution is -2.42. The first kappa shape index (κ1) is 12.7. The van der Waals surface area contributed by atoms with Gasteiger partial charge in [0.05, 0.1) is 0 Å². The van der Waals surface area contributed by atoms with Gasteiger partial charge in [-0.25, -0.2) is 4.79 Å². The van der Waals surface area contributed by atoms with Crippen LogP contribution in [-0.4, -0.2) is 32.7 Å². The third-order valence-electron chi connectivity index (χ3n) is 1.85. The fourth-order valence-corrected chi connectivity index (χ4v) is 2.34. The van der Waals surface area contributed by atoms with E-state index in [-0.39, 0.29) is 17.7 Å². The van der Waals surface area contributed by atoms with Crippen LogP contribution in [0.4, 0.5) is 0 Å². The number of aliphatic carboxylic acids is 1. The molecule has 5 heteroatoms. The summed E-state index contributed by atoms with van der Waals surface area (Å²) in [5, 5.41) is 7.86. The number of carboxylic acid groups (broad SMARTS) is 1. The van der Waals surface area contributed by atoms with Crippen molar-refractivity contribution in [3.63, 3.8) is 0 Å². The van der Waals surface area contributed by atoms with E-state index in [1.165, 1.54) is 0 Å². The Labute approximate surface area is 81.7 Å². The van der Waals surface area contributed by atoms with Crippen molar-refractivity contribution in [3.05, 3.63) is 0 Å². The molecule has 0 bridgehead atoms. The molecule has 0 saturated carbocycles. The van der Waals surface area contributed by atoms with Gasteiger partial charge in [0, 0.05) is 12.5 Å². The third kappa shape index (κ3) is 3.54. The number of nitrogens with two attached hydrogens (primary N) is 1. The van der Waals surface area contributed by atoms with E-state index in [1.807, 2.05) is 0 Å². The maximum Gasteiger partial charge on any atom is 0.357 e. The summed E-state index contributed by atoms with van der Waals surface area (Å²) in [4.78, 5) is 10.8. The van der Waals surface area contributed by atoms with E-state index in [9.17, 15) is 9.35 Å². The minimum absolute atomic E-state index is 0.143. The molecule has 78 valence electrons. The van der Waals surface area contributed by atoms with Gasteiger partial charge >= 0.3 is 5.97 Å². The van der Waals surface area contributed by atoms with Gasteiger partial charge in [-0.05, 0) is 25.0 Å². The minimum Gasteiger partial charge on any atom is -0.615 e. The Kier molecular flexibility index (Phi) is 5.36. The Hall–Kier alpha value is -0.260. The molecule has 0 rings (SSSR count). The minimum atomic E-state index is -1.35. The van der Waals surface area contributed by atoms with Crippen molar-refractivity contribution in [1.82, 2.24) is 0 Å². The van der Waals surface area contributed by atoms with Gasteiger partial charge < -0.3 is 15.4 Å². The van der Waals surface area contributed by atoms with Gasteiger partial charge in [0.25, 0.3) is 0 Å². The van der Waals surface area contributed by atoms with Crippen LogP contribution in [0.25, 0.3) is 0 Å². The van der Waals surface area contributed by atoms with Crippen molar-refractivity contribution in [2.45, 2.75) is 31.3 Å². The molecule has 4 nitrogen and oxygen atoms in total. The second-order valence-corrected chi connectivity index (χ2v) is 5.46. The van der Waals surface area contributed by atoms with Crippen molar-refractivity contribution in [1.29, 1.82) is 0 Å². The summed E-state index contributed by atoms with van der Waals surface area (Å²) >= 11 is -1.35. The molecule has 3 N–H and O–H groups in total. The van der Waals surface area contributed by atoms with Gasteiger partial charge in [0.2, 0.25) is 5.25 Å². The second kappa shape index (κ2) is 5.47. The van der Waals surface area contributed by atoms with E-state index in [1.54, 1.807) is 20.8 Å². The first-order valence-electron chi connectivity index (χ1n) is 4.24. The standard InChI is InChI=1S/C8H17NO3S/c1-5(2)13(12)7(8(10)11)6(3)4-9/h5-7H,4,9H2,1-3H3,(H,10,11). The molecule has 0 aliphatic rings. The van der Waals surface area contributed by atoms with Gasteiger partial charge in [-0.3, -0.25) is 0 Å². The van der Waals surface area contributed by atoms with E-state index < -0.39 is 22.4 Å². The van der Waals surface area contributed by atoms with Crippen LogP contribution in [0.15, 0.2) is 0 Å². The van der Waals surface area contributed by atoms with Crippen molar-refractivity contribution < 1.29 is 14.5 Å². The Morgan fingerprint density at radius 1 is 1.54 bits per heavy atom. The van der Waals surface area contributed by atoms with Crippen LogP contribution in [-0.2, 0) is 16.0 Å². The molecule has 0 fully saturated rings. The number of hydrogen-bond acceptors (Lipinski definition) is 3. The quantitative estimate of drug-likeness (QED) is 0.630. The number of carboxylic acids is 1. The van der Waals surface area contributed by atoms with Gasteiger partial charge in [-0.1, -0.05) is 6.92 Å². The molecule has 0 amide bonds. The average Bonchev–Trinajstić information content (AvgIpc) is 2.03. The molecule has 13 heavy (non-hydrogen) atoms. The van der Waals surface area contributed by atoms with Crippen LogP contribution in [0.2, 0.25) is 0 Å². The highest BCUT2D eigenvalue weighted by Gasteiger charge is 2.36. The molecule has 0 aromatic rings. The average molecular weight is 207 g/mol. The van der Waals surface area contributed by atoms with Crippen LogP contribution < -0.4 is 5.73 Å². The lowest BCUT2D eigenvalue weighted by atomic mass is 10.1. The van der Waals surface area contributed by atoms with Gasteiger partial charge in [0.15, 0.2) is 0 Å². The topological polar surface area (TPSA) is 86.4 Å². The molecular weight excluding hydrogens is 190 g/mol. The molecule has 3 atom stereocenters. The first-order chi connectivity index (χ1) is 5.91. The number of hydrogen-bond donors (Lipinski definition) is 2. The summed E-state index contributed by atoms with van der Waals surface area (Å²) in [6.07, 6.45) is 0. The molecule has 0 saturated heterocycles. The van der Waals surface area contributed by atoms with E-state index in [4.69, 9.17) is 10.8 Å². The fourth-order valence-electron chi connectivity index (χ4n) is 0.989. The lowest BCUT2D eigenvalue weighted by molar-refractivity contribution is -0.137. The maximum atomic E-state index is 11.6. The van der Waals surface area contributed by atoms with Crippen LogP contribution in [0.1, 0.15) is 20.8 Å². The summed E-state index contributed by atoms with van der Waals surface area (Å²) in [6.45, 7) is 5.44. The first-order valence-corrected chi connectivity index (χ1v) is 5.51. The molecule has 0 spiro atoms. The zero-order valence-electron chi connectivity index (χ0n) is 8.19. The summed E-state index contributed by atoms with van der Waals surface area (Å²) in [6, 6.07) is 0. The van der Waals surface area contributed by atoms with E-state index in [0.717, 1.165) is 0 Å². The Balaban J connectivity index is 4.50. The lowest BCUT2D eigenvalue weighted by Gasteiger charge is -2.25. The molecule has 0 aromatic heterocycles. The molecule has 0 radical (unpaired) electrons. The second-order valence-electron chi connectivity index (χ2n) is 3.35. The maximum absolute atomic E-state index is 11.6. The SMILES string of the molecule is CC(CN)C(C(=O)O)[S+]([O-])C(C)C. The molecular formula is C8H17NO3S. The molecule has 0 heterocycles. The van der Waals surface area contributed by atoms with E-state index >= 15 is 0 Å². The number of carbonyl (C=O) groups is 1. The Morgan fingerprint density at radius 2 is 2.00 bits per heavy atom. The van der Waals surface area contributed by atoms with Gasteiger partial charge in [-0.2, -0.15) is 0 Å². The third-order valence-corrected chi connectivity index (χ3v) is 3.94. The van der Waals surface area contributed by atoms with Crippen molar-refractivity contribution >= 4 is 17.1 Å². The van der Waals surface area contributed by atoms with Crippen LogP contribution in [0.3, 0.4) is 0 Å². The Bertz CT molecular complexity index is 175. The van der Waals surface area contributed by atoms with Gasteiger partial charge in [0.1, 0.15) is 5.25 Å². The molecule has 3 unspecified atom stereocenters. The van der Waals surface area contributed by atoms with E-state index in [2.05, 4.69) is 0 Å². The van der Waals surface area contributed by atoms with Crippen molar-refractivity contribution in [2.75, 3.05) is 6.54 Å². The highest BCUT2D eigenvalue weighted by atomic mass is 32.2. The summed E-state index contributed by atoms with van der Waals surface area (Å²) in [7, 11) is 0. The van der Waals surface area contributed by atoms with Crippen molar-refractivity contribution in [3.8, 4) is 0 Å². The Morgan fingerprint density at radius 3 is 2.23 bits per heavy atom. The number of rotatable bonds is 5. The smallest absolute Gasteiger partial charge is 0.357 e. The molecule has 0 aliphatic heterocycles. The predicted molar refractivity (Wildman–Crippen MR) is 52.9 cm³/mol. The monoisotopic (exact) mass is 207 g/mol. The summed E-state index contributed by atoms with van der Waals surface area (Å²) < 4.78 is 11.6. The molecule has 0 aromatic carbocycles. The highest BCUT2D eigenvalue weighted by Crippen LogP contribution is 2.17. The fraction of sp³-hybridized carbons (Fsp3) is 0.875. The largest absolute Gasteiger partial charge is 0.615 e. The van der Waals surface area contributed by atoms with Crippen molar-refractivity contribution in [2.24, 2.45) is 11.7 Å². The zero-order valence-corrected chi connectivity index (χ0v) is 9.00. The van der Waals surface area contributed by atoms with Gasteiger partial charge in [-0.15, -0.1) is 0 Å². The molecule has 0 aliphatic carbocycles. The summed E-state index contributed by atoms with van der Waals surface area (Å²) in [5.74, 6) is -1.27. The highest BCUT2D eigenvalue weighted by molar-refractivity contribution is 7.93. The zero-order chi connectivity index (χ0) is 10.6. The van der Waals surface area contributed by atoms with Crippen LogP contribution in [0.5, 0.6) is 0 Å². The summed E-state index contributed by atoms with van der Waals surface area (Å²) in [5.41, 5.74) is 5.35.